The third kappa shape index (κ3) is 6.98. The molecule has 1 aromatic heterocycles. The topological polar surface area (TPSA) is 69.0 Å². The minimum Gasteiger partial charge on any atom is -0.493 e. The van der Waals surface area contributed by atoms with Crippen molar-refractivity contribution in [1.82, 2.24) is 14.5 Å². The van der Waals surface area contributed by atoms with Gasteiger partial charge in [-0.15, -0.1) is 0 Å². The van der Waals surface area contributed by atoms with E-state index in [0.717, 1.165) is 61.9 Å². The molecule has 1 aliphatic rings. The van der Waals surface area contributed by atoms with Crippen molar-refractivity contribution in [2.75, 3.05) is 33.4 Å². The Balaban J connectivity index is 1.27. The van der Waals surface area contributed by atoms with E-state index in [1.165, 1.54) is 6.07 Å². The van der Waals surface area contributed by atoms with Gasteiger partial charge in [-0.3, -0.25) is 4.90 Å². The predicted molar refractivity (Wildman–Crippen MR) is 136 cm³/mol. The van der Waals surface area contributed by atoms with Crippen LogP contribution in [0.2, 0.25) is 0 Å². The Bertz CT molecular complexity index is 1120. The molecule has 1 aliphatic heterocycles. The summed E-state index contributed by atoms with van der Waals surface area (Å²) in [5.41, 5.74) is 0.156. The maximum Gasteiger partial charge on any atom is 0.165 e. The first-order valence-electron chi connectivity index (χ1n) is 12.6. The molecule has 2 aromatic carbocycles. The number of aryl methyl sites for hydroxylation is 2. The molecule has 0 spiro atoms. The minimum atomic E-state index is -0.971. The van der Waals surface area contributed by atoms with Crippen molar-refractivity contribution in [3.8, 4) is 17.2 Å². The predicted octanol–water partition coefficient (Wildman–Crippen LogP) is 4.60. The molecule has 1 fully saturated rings. The standard InChI is InChI=1S/C28H36FN3O4/c1-22-30-13-17-32(22)15-6-18-35-26-10-9-23(19-27(26)34-2)20-31-14-5-11-28(33,12-16-31)21-36-25-8-4-3-7-24(25)29/h3-4,7-10,13,17,19,33H,5-6,11-12,14-16,18,20-21H2,1-2H3/t28-/m0/s1. The van der Waals surface area contributed by atoms with Gasteiger partial charge >= 0.3 is 0 Å². The molecule has 0 unspecified atom stereocenters. The van der Waals surface area contributed by atoms with Crippen molar-refractivity contribution in [1.29, 1.82) is 0 Å². The maximum atomic E-state index is 13.9. The molecule has 8 heteroatoms. The summed E-state index contributed by atoms with van der Waals surface area (Å²) < 4.78 is 33.2. The Morgan fingerprint density at radius 1 is 1.06 bits per heavy atom. The Hall–Kier alpha value is -3.10. The van der Waals surface area contributed by atoms with E-state index in [2.05, 4.69) is 20.5 Å². The Morgan fingerprint density at radius 2 is 1.92 bits per heavy atom. The van der Waals surface area contributed by atoms with Gasteiger partial charge in [0.25, 0.3) is 0 Å². The molecule has 0 bridgehead atoms. The number of aromatic nitrogens is 2. The normalized spacial score (nSPS) is 18.6. The number of methoxy groups -OCH3 is 1. The molecule has 3 aromatic rings. The van der Waals surface area contributed by atoms with E-state index in [1.54, 1.807) is 25.3 Å². The fraction of sp³-hybridized carbons (Fsp3) is 0.464. The fourth-order valence-corrected chi connectivity index (χ4v) is 4.56. The lowest BCUT2D eigenvalue weighted by Gasteiger charge is -2.27. The number of benzene rings is 2. The van der Waals surface area contributed by atoms with E-state index in [0.29, 0.717) is 19.4 Å². The lowest BCUT2D eigenvalue weighted by Crippen LogP contribution is -2.37. The van der Waals surface area contributed by atoms with E-state index < -0.39 is 11.4 Å². The summed E-state index contributed by atoms with van der Waals surface area (Å²) >= 11 is 0. The summed E-state index contributed by atoms with van der Waals surface area (Å²) in [7, 11) is 1.66. The summed E-state index contributed by atoms with van der Waals surface area (Å²) in [6.45, 7) is 5.88. The van der Waals surface area contributed by atoms with Gasteiger partial charge in [0.2, 0.25) is 0 Å². The van der Waals surface area contributed by atoms with Crippen LogP contribution in [-0.4, -0.2) is 58.6 Å². The van der Waals surface area contributed by atoms with Crippen LogP contribution in [0.25, 0.3) is 0 Å². The summed E-state index contributed by atoms with van der Waals surface area (Å²) in [5.74, 6) is 2.22. The third-order valence-electron chi connectivity index (χ3n) is 6.70. The van der Waals surface area contributed by atoms with Crippen LogP contribution in [0.1, 0.15) is 37.1 Å². The summed E-state index contributed by atoms with van der Waals surface area (Å²) in [6.07, 6.45) is 6.68. The number of halogens is 1. The molecule has 1 saturated heterocycles. The van der Waals surface area contributed by atoms with Gasteiger partial charge < -0.3 is 23.9 Å². The highest BCUT2D eigenvalue weighted by atomic mass is 19.1. The SMILES string of the molecule is COc1cc(CN2CCC[C@@](O)(COc3ccccc3F)CC2)ccc1OCCCn1ccnc1C. The molecule has 0 amide bonds. The first-order valence-corrected chi connectivity index (χ1v) is 12.6. The zero-order valence-electron chi connectivity index (χ0n) is 21.2. The highest BCUT2D eigenvalue weighted by Gasteiger charge is 2.31. The average Bonchev–Trinajstić information content (AvgIpc) is 3.20. The van der Waals surface area contributed by atoms with Gasteiger partial charge in [-0.1, -0.05) is 18.2 Å². The van der Waals surface area contributed by atoms with E-state index in [9.17, 15) is 9.50 Å². The monoisotopic (exact) mass is 497 g/mol. The zero-order chi connectivity index (χ0) is 25.4. The van der Waals surface area contributed by atoms with Crippen LogP contribution in [-0.2, 0) is 13.1 Å². The first kappa shape index (κ1) is 26.0. The van der Waals surface area contributed by atoms with Crippen molar-refractivity contribution >= 4 is 0 Å². The lowest BCUT2D eigenvalue weighted by molar-refractivity contribution is -0.0177. The van der Waals surface area contributed by atoms with Crippen LogP contribution < -0.4 is 14.2 Å². The Kier molecular flexibility index (Phi) is 8.83. The van der Waals surface area contributed by atoms with E-state index in [4.69, 9.17) is 14.2 Å². The smallest absolute Gasteiger partial charge is 0.165 e. The Labute approximate surface area is 212 Å². The summed E-state index contributed by atoms with van der Waals surface area (Å²) in [5, 5.41) is 11.1. The molecule has 7 nitrogen and oxygen atoms in total. The Morgan fingerprint density at radius 3 is 2.69 bits per heavy atom. The molecule has 1 atom stereocenters. The second-order valence-corrected chi connectivity index (χ2v) is 9.43. The van der Waals surface area contributed by atoms with E-state index in [-0.39, 0.29) is 12.4 Å². The molecule has 4 rings (SSSR count). The van der Waals surface area contributed by atoms with Crippen LogP contribution >= 0.6 is 0 Å². The van der Waals surface area contributed by atoms with Crippen molar-refractivity contribution in [3.63, 3.8) is 0 Å². The molecule has 0 radical (unpaired) electrons. The lowest BCUT2D eigenvalue weighted by atomic mass is 9.96. The van der Waals surface area contributed by atoms with Gasteiger partial charge in [0, 0.05) is 32.0 Å². The summed E-state index contributed by atoms with van der Waals surface area (Å²) in [6, 6.07) is 12.4. The second kappa shape index (κ2) is 12.2. The number of likely N-dealkylation sites (tertiary alicyclic amines) is 1. The number of aliphatic hydroxyl groups is 1. The third-order valence-corrected chi connectivity index (χ3v) is 6.70. The number of ether oxygens (including phenoxy) is 3. The molecule has 1 N–H and O–H groups in total. The minimum absolute atomic E-state index is 0.0854. The molecule has 0 aliphatic carbocycles. The fourth-order valence-electron chi connectivity index (χ4n) is 4.56. The van der Waals surface area contributed by atoms with Gasteiger partial charge in [0.15, 0.2) is 23.1 Å². The molecule has 36 heavy (non-hydrogen) atoms. The van der Waals surface area contributed by atoms with Crippen molar-refractivity contribution < 1.29 is 23.7 Å². The van der Waals surface area contributed by atoms with Crippen LogP contribution in [0.3, 0.4) is 0 Å². The number of nitrogens with zero attached hydrogens (tertiary/aromatic N) is 3. The van der Waals surface area contributed by atoms with Crippen molar-refractivity contribution in [2.45, 2.75) is 51.3 Å². The highest BCUT2D eigenvalue weighted by molar-refractivity contribution is 5.43. The first-order chi connectivity index (χ1) is 17.5. The van der Waals surface area contributed by atoms with Crippen LogP contribution in [0.5, 0.6) is 17.2 Å². The van der Waals surface area contributed by atoms with Gasteiger partial charge in [-0.25, -0.2) is 9.37 Å². The second-order valence-electron chi connectivity index (χ2n) is 9.43. The van der Waals surface area contributed by atoms with Gasteiger partial charge in [-0.2, -0.15) is 0 Å². The summed E-state index contributed by atoms with van der Waals surface area (Å²) in [4.78, 5) is 6.56. The maximum absolute atomic E-state index is 13.9. The van der Waals surface area contributed by atoms with Crippen LogP contribution in [0.15, 0.2) is 54.9 Å². The molecular weight excluding hydrogens is 461 g/mol. The number of para-hydroxylation sites is 1. The van der Waals surface area contributed by atoms with Gasteiger partial charge in [-0.05, 0) is 69.0 Å². The number of hydrogen-bond donors (Lipinski definition) is 1. The average molecular weight is 498 g/mol. The van der Waals surface area contributed by atoms with Crippen LogP contribution in [0.4, 0.5) is 4.39 Å². The largest absolute Gasteiger partial charge is 0.493 e. The van der Waals surface area contributed by atoms with Crippen molar-refractivity contribution in [2.24, 2.45) is 0 Å². The number of hydrogen-bond acceptors (Lipinski definition) is 6. The van der Waals surface area contributed by atoms with Gasteiger partial charge in [0.05, 0.1) is 19.3 Å². The molecule has 2 heterocycles. The van der Waals surface area contributed by atoms with Crippen molar-refractivity contribution in [3.05, 3.63) is 72.1 Å². The number of rotatable bonds is 11. The molecular formula is C28H36FN3O4. The number of imidazole rings is 1. The quantitative estimate of drug-likeness (QED) is 0.391. The van der Waals surface area contributed by atoms with E-state index >= 15 is 0 Å². The van der Waals surface area contributed by atoms with Gasteiger partial charge in [0.1, 0.15) is 12.4 Å². The zero-order valence-corrected chi connectivity index (χ0v) is 21.2. The highest BCUT2D eigenvalue weighted by Crippen LogP contribution is 2.30. The molecule has 0 saturated carbocycles. The van der Waals surface area contributed by atoms with Crippen LogP contribution in [0, 0.1) is 12.7 Å². The molecule has 194 valence electrons. The van der Waals surface area contributed by atoms with E-state index in [1.807, 2.05) is 31.5 Å².